The molecule has 6 heteroatoms. The van der Waals surface area contributed by atoms with Crippen LogP contribution >= 0.6 is 45.2 Å². The summed E-state index contributed by atoms with van der Waals surface area (Å²) in [5, 5.41) is 9.01. The minimum Gasteiger partial charge on any atom is -0.480 e. The largest absolute Gasteiger partial charge is 0.480 e. The molecule has 0 spiro atoms. The number of rotatable bonds is 4. The number of hydrogen-bond donors (Lipinski definition) is 1. The first-order valence-corrected chi connectivity index (χ1v) is 6.52. The highest BCUT2D eigenvalue weighted by molar-refractivity contribution is 14.1. The Hall–Kier alpha value is -0.0900. The number of halogens is 2. The van der Waals surface area contributed by atoms with Crippen molar-refractivity contribution >= 4 is 51.2 Å². The summed E-state index contributed by atoms with van der Waals surface area (Å²) >= 11 is 4.20. The summed E-state index contributed by atoms with van der Waals surface area (Å²) in [7, 11) is 1.32. The summed E-state index contributed by atoms with van der Waals surface area (Å²) in [5.74, 6) is 0.224. The van der Waals surface area contributed by atoms with Crippen LogP contribution in [0.5, 0.6) is 5.75 Å². The molecule has 1 aromatic rings. The van der Waals surface area contributed by atoms with Crippen molar-refractivity contribution in [3.63, 3.8) is 0 Å². The third-order valence-electron chi connectivity index (χ3n) is 1.80. The molecule has 0 bridgehead atoms. The second kappa shape index (κ2) is 6.60. The number of aliphatic hydroxyl groups is 1. The summed E-state index contributed by atoms with van der Waals surface area (Å²) in [4.78, 5) is 10.9. The van der Waals surface area contributed by atoms with Crippen molar-refractivity contribution in [1.82, 2.24) is 0 Å². The highest BCUT2D eigenvalue weighted by atomic mass is 127. The number of benzene rings is 1. The molecule has 0 heterocycles. The van der Waals surface area contributed by atoms with E-state index in [1.54, 1.807) is 0 Å². The zero-order chi connectivity index (χ0) is 12.1. The third-order valence-corrected chi connectivity index (χ3v) is 3.41. The minimum absolute atomic E-state index is 0.0106. The molecule has 1 aromatic carbocycles. The van der Waals surface area contributed by atoms with Crippen molar-refractivity contribution in [2.45, 2.75) is 6.61 Å². The highest BCUT2D eigenvalue weighted by Gasteiger charge is 2.10. The van der Waals surface area contributed by atoms with Crippen LogP contribution in [0.3, 0.4) is 0 Å². The molecule has 0 aliphatic rings. The van der Waals surface area contributed by atoms with E-state index >= 15 is 0 Å². The first-order valence-electron chi connectivity index (χ1n) is 4.37. The van der Waals surface area contributed by atoms with Gasteiger partial charge in [0, 0.05) is 0 Å². The molecule has 0 unspecified atom stereocenters. The molecule has 0 amide bonds. The molecule has 0 saturated heterocycles. The van der Waals surface area contributed by atoms with Crippen molar-refractivity contribution in [2.75, 3.05) is 13.7 Å². The monoisotopic (exact) mass is 448 g/mol. The van der Waals surface area contributed by atoms with Crippen LogP contribution in [-0.2, 0) is 16.1 Å². The fourth-order valence-corrected chi connectivity index (χ4v) is 3.24. The van der Waals surface area contributed by atoms with Crippen LogP contribution in [0.4, 0.5) is 0 Å². The zero-order valence-electron chi connectivity index (χ0n) is 8.50. The number of methoxy groups -OCH3 is 1. The predicted octanol–water partition coefficient (Wildman–Crippen LogP) is 1.94. The van der Waals surface area contributed by atoms with Gasteiger partial charge in [0.05, 0.1) is 20.9 Å². The van der Waals surface area contributed by atoms with E-state index in [-0.39, 0.29) is 13.2 Å². The van der Waals surface area contributed by atoms with Gasteiger partial charge in [-0.1, -0.05) is 0 Å². The average Bonchev–Trinajstić information content (AvgIpc) is 2.27. The number of esters is 1. The minimum atomic E-state index is -0.419. The summed E-state index contributed by atoms with van der Waals surface area (Å²) < 4.78 is 11.6. The molecule has 0 radical (unpaired) electrons. The lowest BCUT2D eigenvalue weighted by molar-refractivity contribution is -0.142. The maximum Gasteiger partial charge on any atom is 0.343 e. The van der Waals surface area contributed by atoms with E-state index in [1.165, 1.54) is 7.11 Å². The Morgan fingerprint density at radius 2 is 1.94 bits per heavy atom. The smallest absolute Gasteiger partial charge is 0.343 e. The maximum atomic E-state index is 10.9. The summed E-state index contributed by atoms with van der Waals surface area (Å²) in [5.41, 5.74) is 0.819. The van der Waals surface area contributed by atoms with Gasteiger partial charge in [0.25, 0.3) is 0 Å². The van der Waals surface area contributed by atoms with E-state index in [0.29, 0.717) is 5.75 Å². The second-order valence-corrected chi connectivity index (χ2v) is 5.24. The maximum absolute atomic E-state index is 10.9. The van der Waals surface area contributed by atoms with E-state index in [2.05, 4.69) is 49.9 Å². The molecule has 0 fully saturated rings. The lowest BCUT2D eigenvalue weighted by atomic mass is 10.2. The summed E-state index contributed by atoms with van der Waals surface area (Å²) in [6.07, 6.45) is 0. The SMILES string of the molecule is COC(=O)COc1c(I)cc(CO)cc1I. The molecule has 4 nitrogen and oxygen atoms in total. The van der Waals surface area contributed by atoms with Crippen molar-refractivity contribution in [1.29, 1.82) is 0 Å². The molecule has 1 rings (SSSR count). The van der Waals surface area contributed by atoms with E-state index in [1.807, 2.05) is 12.1 Å². The fourth-order valence-electron chi connectivity index (χ4n) is 1.03. The van der Waals surface area contributed by atoms with Crippen LogP contribution in [0, 0.1) is 7.14 Å². The van der Waals surface area contributed by atoms with E-state index < -0.39 is 5.97 Å². The molecule has 0 atom stereocenters. The Morgan fingerprint density at radius 3 is 2.38 bits per heavy atom. The van der Waals surface area contributed by atoms with Crippen LogP contribution in [0.15, 0.2) is 12.1 Å². The van der Waals surface area contributed by atoms with Crippen molar-refractivity contribution in [2.24, 2.45) is 0 Å². The van der Waals surface area contributed by atoms with E-state index in [4.69, 9.17) is 9.84 Å². The number of aliphatic hydroxyl groups excluding tert-OH is 1. The van der Waals surface area contributed by atoms with Gasteiger partial charge >= 0.3 is 5.97 Å². The Kier molecular flexibility index (Phi) is 5.76. The van der Waals surface area contributed by atoms with E-state index in [9.17, 15) is 4.79 Å². The summed E-state index contributed by atoms with van der Waals surface area (Å²) in [6.45, 7) is -0.121. The van der Waals surface area contributed by atoms with Crippen LogP contribution in [0.25, 0.3) is 0 Å². The van der Waals surface area contributed by atoms with Gasteiger partial charge < -0.3 is 14.6 Å². The molecule has 88 valence electrons. The van der Waals surface area contributed by atoms with Gasteiger partial charge in [0.15, 0.2) is 6.61 Å². The molecular formula is C10H10I2O4. The number of carbonyl (C=O) groups is 1. The van der Waals surface area contributed by atoms with Gasteiger partial charge in [-0.3, -0.25) is 0 Å². The van der Waals surface area contributed by atoms with Gasteiger partial charge in [-0.2, -0.15) is 0 Å². The number of hydrogen-bond acceptors (Lipinski definition) is 4. The van der Waals surface area contributed by atoms with Crippen molar-refractivity contribution in [3.8, 4) is 5.75 Å². The van der Waals surface area contributed by atoms with E-state index in [0.717, 1.165) is 12.7 Å². The van der Waals surface area contributed by atoms with Crippen LogP contribution in [-0.4, -0.2) is 24.8 Å². The zero-order valence-corrected chi connectivity index (χ0v) is 12.8. The number of ether oxygens (including phenoxy) is 2. The number of carbonyl (C=O) groups excluding carboxylic acids is 1. The first kappa shape index (κ1) is 14.0. The van der Waals surface area contributed by atoms with Crippen LogP contribution in [0.2, 0.25) is 0 Å². The normalized spacial score (nSPS) is 10.0. The topological polar surface area (TPSA) is 55.8 Å². The standard InChI is InChI=1S/C10H10I2O4/c1-15-9(14)5-16-10-7(11)2-6(4-13)3-8(10)12/h2-3,13H,4-5H2,1H3. The predicted molar refractivity (Wildman–Crippen MR) is 75.3 cm³/mol. The third kappa shape index (κ3) is 3.74. The Morgan fingerprint density at radius 1 is 1.38 bits per heavy atom. The molecule has 0 saturated carbocycles. The Labute approximate surface area is 121 Å². The van der Waals surface area contributed by atoms with Crippen LogP contribution < -0.4 is 4.74 Å². The van der Waals surface area contributed by atoms with Gasteiger partial charge in [-0.15, -0.1) is 0 Å². The lowest BCUT2D eigenvalue weighted by Gasteiger charge is -2.10. The Bertz CT molecular complexity index is 369. The quantitative estimate of drug-likeness (QED) is 0.566. The van der Waals surface area contributed by atoms with Crippen molar-refractivity contribution < 1.29 is 19.4 Å². The molecule has 0 aliphatic heterocycles. The summed E-state index contributed by atoms with van der Waals surface area (Å²) in [6, 6.07) is 3.63. The molecule has 0 aromatic heterocycles. The van der Waals surface area contributed by atoms with Gasteiger partial charge in [0.1, 0.15) is 5.75 Å². The Balaban J connectivity index is 2.84. The first-order chi connectivity index (χ1) is 7.58. The average molecular weight is 448 g/mol. The lowest BCUT2D eigenvalue weighted by Crippen LogP contribution is -2.13. The molecule has 0 aliphatic carbocycles. The molecule has 16 heavy (non-hydrogen) atoms. The second-order valence-electron chi connectivity index (χ2n) is 2.91. The van der Waals surface area contributed by atoms with Gasteiger partial charge in [-0.05, 0) is 62.9 Å². The molecule has 1 N–H and O–H groups in total. The highest BCUT2D eigenvalue weighted by Crippen LogP contribution is 2.28. The van der Waals surface area contributed by atoms with Crippen LogP contribution in [0.1, 0.15) is 5.56 Å². The van der Waals surface area contributed by atoms with Gasteiger partial charge in [0.2, 0.25) is 0 Å². The fraction of sp³-hybridized carbons (Fsp3) is 0.300. The molecular weight excluding hydrogens is 438 g/mol. The van der Waals surface area contributed by atoms with Gasteiger partial charge in [-0.25, -0.2) is 4.79 Å². The van der Waals surface area contributed by atoms with Crippen molar-refractivity contribution in [3.05, 3.63) is 24.8 Å².